The van der Waals surface area contributed by atoms with Crippen molar-refractivity contribution in [3.05, 3.63) is 41.6 Å². The fourth-order valence-corrected chi connectivity index (χ4v) is 2.97. The first-order valence-corrected chi connectivity index (χ1v) is 7.38. The largest absolute Gasteiger partial charge is 0.398 e. The van der Waals surface area contributed by atoms with Crippen LogP contribution in [0.25, 0.3) is 16.6 Å². The van der Waals surface area contributed by atoms with Crippen LogP contribution in [0.15, 0.2) is 41.0 Å². The number of nitrogens with two attached hydrogens (primary N) is 1. The number of rotatable bonds is 1. The van der Waals surface area contributed by atoms with Gasteiger partial charge in [0.05, 0.1) is 0 Å². The third kappa shape index (κ3) is 2.39. The molecule has 0 spiro atoms. The number of likely N-dealkylation sites (tertiary alicyclic amines) is 1. The summed E-state index contributed by atoms with van der Waals surface area (Å²) < 4.78 is 0. The summed E-state index contributed by atoms with van der Waals surface area (Å²) in [5, 5.41) is 1.09. The number of hydrogen-bond acceptors (Lipinski definition) is 3. The molecule has 5 heteroatoms. The normalized spacial score (nSPS) is 19.7. The van der Waals surface area contributed by atoms with E-state index in [1.54, 1.807) is 14.0 Å². The van der Waals surface area contributed by atoms with Gasteiger partial charge in [-0.15, -0.1) is 0 Å². The Labute approximate surface area is 129 Å². The van der Waals surface area contributed by atoms with Gasteiger partial charge in [0.1, 0.15) is 0 Å². The van der Waals surface area contributed by atoms with Gasteiger partial charge in [0.15, 0.2) is 0 Å². The number of hydrogen-bond donors (Lipinski definition) is 2. The van der Waals surface area contributed by atoms with Crippen molar-refractivity contribution >= 4 is 28.2 Å². The third-order valence-corrected chi connectivity index (χ3v) is 4.24. The molecule has 0 unspecified atom stereocenters. The maximum absolute atomic E-state index is 11.7. The number of benzene rings is 1. The molecule has 22 heavy (non-hydrogen) atoms. The van der Waals surface area contributed by atoms with Gasteiger partial charge >= 0.3 is 0 Å². The number of aromatic amines is 1. The van der Waals surface area contributed by atoms with E-state index in [1.165, 1.54) is 0 Å². The summed E-state index contributed by atoms with van der Waals surface area (Å²) in [6.07, 6.45) is 2.67. The SMILES string of the molecule is CN=C1CCN(C(C)=O)CC1=C(N)c1c[nH]c2ccccc12. The van der Waals surface area contributed by atoms with Gasteiger partial charge < -0.3 is 15.6 Å². The number of H-pyrrole nitrogens is 1. The van der Waals surface area contributed by atoms with Crippen LogP contribution in [0.3, 0.4) is 0 Å². The molecular weight excluding hydrogens is 276 g/mol. The first kappa shape index (κ1) is 14.4. The number of amides is 1. The fraction of sp³-hybridized carbons (Fsp3) is 0.294. The summed E-state index contributed by atoms with van der Waals surface area (Å²) in [6.45, 7) is 2.81. The van der Waals surface area contributed by atoms with Gasteiger partial charge in [0, 0.05) is 73.1 Å². The maximum atomic E-state index is 11.7. The number of aliphatic imine (C=N–C) groups is 1. The van der Waals surface area contributed by atoms with Crippen molar-refractivity contribution in [1.82, 2.24) is 9.88 Å². The molecule has 1 amide bonds. The Kier molecular flexibility index (Phi) is 3.71. The zero-order chi connectivity index (χ0) is 15.7. The topological polar surface area (TPSA) is 74.5 Å². The predicted octanol–water partition coefficient (Wildman–Crippen LogP) is 2.16. The summed E-state index contributed by atoms with van der Waals surface area (Å²) in [6, 6.07) is 8.05. The molecule has 3 N–H and O–H groups in total. The Morgan fingerprint density at radius 1 is 1.36 bits per heavy atom. The number of nitrogens with one attached hydrogen (secondary N) is 1. The van der Waals surface area contributed by atoms with Gasteiger partial charge in [-0.25, -0.2) is 0 Å². The summed E-state index contributed by atoms with van der Waals surface area (Å²) >= 11 is 0. The molecule has 3 rings (SSSR count). The Morgan fingerprint density at radius 3 is 2.86 bits per heavy atom. The van der Waals surface area contributed by atoms with E-state index in [2.05, 4.69) is 9.98 Å². The zero-order valence-electron chi connectivity index (χ0n) is 12.9. The summed E-state index contributed by atoms with van der Waals surface area (Å²) in [5.41, 5.74) is 11.1. The monoisotopic (exact) mass is 296 g/mol. The molecule has 114 valence electrons. The minimum absolute atomic E-state index is 0.0689. The lowest BCUT2D eigenvalue weighted by molar-refractivity contribution is -0.128. The Balaban J connectivity index is 2.10. The number of fused-ring (bicyclic) bond motifs is 1. The fourth-order valence-electron chi connectivity index (χ4n) is 2.97. The molecule has 2 heterocycles. The summed E-state index contributed by atoms with van der Waals surface area (Å²) in [4.78, 5) is 21.1. The van der Waals surface area contributed by atoms with E-state index < -0.39 is 0 Å². The van der Waals surface area contributed by atoms with E-state index in [-0.39, 0.29) is 5.91 Å². The molecule has 0 saturated carbocycles. The van der Waals surface area contributed by atoms with Gasteiger partial charge in [0.25, 0.3) is 0 Å². The van der Waals surface area contributed by atoms with Crippen LogP contribution in [0.2, 0.25) is 0 Å². The average molecular weight is 296 g/mol. The lowest BCUT2D eigenvalue weighted by Gasteiger charge is -2.30. The Hall–Kier alpha value is -2.56. The number of nitrogens with zero attached hydrogens (tertiary/aromatic N) is 2. The second-order valence-electron chi connectivity index (χ2n) is 5.50. The molecule has 1 aliphatic heterocycles. The van der Waals surface area contributed by atoms with Crippen molar-refractivity contribution in [2.45, 2.75) is 13.3 Å². The number of carbonyl (C=O) groups excluding carboxylic acids is 1. The first-order valence-electron chi connectivity index (χ1n) is 7.38. The van der Waals surface area contributed by atoms with Gasteiger partial charge in [0.2, 0.25) is 5.91 Å². The van der Waals surface area contributed by atoms with Gasteiger partial charge in [-0.2, -0.15) is 0 Å². The molecule has 0 aliphatic carbocycles. The lowest BCUT2D eigenvalue weighted by atomic mass is 9.96. The van der Waals surface area contributed by atoms with Gasteiger partial charge in [-0.3, -0.25) is 9.79 Å². The molecule has 0 radical (unpaired) electrons. The standard InChI is InChI=1S/C17H20N4O/c1-11(22)21-8-7-15(19-2)14(10-21)17(18)13-9-20-16-6-4-3-5-12(13)16/h3-6,9,20H,7-8,10,18H2,1-2H3. The molecule has 1 saturated heterocycles. The van der Waals surface area contributed by atoms with E-state index in [9.17, 15) is 4.79 Å². The number of aromatic nitrogens is 1. The molecule has 1 aliphatic rings. The lowest BCUT2D eigenvalue weighted by Crippen LogP contribution is -2.39. The Bertz CT molecular complexity index is 785. The van der Waals surface area contributed by atoms with Gasteiger partial charge in [-0.05, 0) is 6.07 Å². The number of piperidine rings is 1. The van der Waals surface area contributed by atoms with Crippen LogP contribution in [0.5, 0.6) is 0 Å². The first-order chi connectivity index (χ1) is 10.6. The molecule has 0 atom stereocenters. The highest BCUT2D eigenvalue weighted by molar-refractivity contribution is 6.09. The second-order valence-corrected chi connectivity index (χ2v) is 5.50. The maximum Gasteiger partial charge on any atom is 0.219 e. The second kappa shape index (κ2) is 5.67. The average Bonchev–Trinajstić information content (AvgIpc) is 2.97. The van der Waals surface area contributed by atoms with Crippen molar-refractivity contribution in [1.29, 1.82) is 0 Å². The van der Waals surface area contributed by atoms with Crippen molar-refractivity contribution in [3.63, 3.8) is 0 Å². The highest BCUT2D eigenvalue weighted by atomic mass is 16.2. The van der Waals surface area contributed by atoms with Crippen LogP contribution in [0.4, 0.5) is 0 Å². The minimum atomic E-state index is 0.0689. The van der Waals surface area contributed by atoms with Crippen LogP contribution < -0.4 is 5.73 Å². The van der Waals surface area contributed by atoms with Crippen LogP contribution in [0.1, 0.15) is 18.9 Å². The van der Waals surface area contributed by atoms with E-state index in [0.717, 1.165) is 34.2 Å². The van der Waals surface area contributed by atoms with Crippen LogP contribution in [0, 0.1) is 0 Å². The Morgan fingerprint density at radius 2 is 2.14 bits per heavy atom. The van der Waals surface area contributed by atoms with Crippen molar-refractivity contribution < 1.29 is 4.79 Å². The molecular formula is C17H20N4O. The quantitative estimate of drug-likeness (QED) is 0.846. The van der Waals surface area contributed by atoms with Gasteiger partial charge in [-0.1, -0.05) is 18.2 Å². The zero-order valence-corrected chi connectivity index (χ0v) is 12.9. The molecule has 1 aromatic heterocycles. The van der Waals surface area contributed by atoms with Crippen LogP contribution in [-0.2, 0) is 4.79 Å². The number of para-hydroxylation sites is 1. The smallest absolute Gasteiger partial charge is 0.219 e. The molecule has 5 nitrogen and oxygen atoms in total. The van der Waals surface area contributed by atoms with E-state index in [1.807, 2.05) is 35.4 Å². The highest BCUT2D eigenvalue weighted by Gasteiger charge is 2.24. The van der Waals surface area contributed by atoms with Crippen molar-refractivity contribution in [2.75, 3.05) is 20.1 Å². The molecule has 1 aromatic carbocycles. The third-order valence-electron chi connectivity index (χ3n) is 4.24. The van der Waals surface area contributed by atoms with E-state index >= 15 is 0 Å². The van der Waals surface area contributed by atoms with Crippen LogP contribution >= 0.6 is 0 Å². The van der Waals surface area contributed by atoms with Crippen LogP contribution in [-0.4, -0.2) is 41.6 Å². The molecule has 1 fully saturated rings. The minimum Gasteiger partial charge on any atom is -0.398 e. The van der Waals surface area contributed by atoms with E-state index in [0.29, 0.717) is 18.8 Å². The molecule has 2 aromatic rings. The van der Waals surface area contributed by atoms with E-state index in [4.69, 9.17) is 5.73 Å². The molecule has 0 bridgehead atoms. The predicted molar refractivity (Wildman–Crippen MR) is 89.6 cm³/mol. The van der Waals surface area contributed by atoms with Crippen molar-refractivity contribution in [2.24, 2.45) is 10.7 Å². The summed E-state index contributed by atoms with van der Waals surface area (Å²) in [5.74, 6) is 0.0689. The summed E-state index contributed by atoms with van der Waals surface area (Å²) in [7, 11) is 1.78. The highest BCUT2D eigenvalue weighted by Crippen LogP contribution is 2.27. The van der Waals surface area contributed by atoms with Crippen molar-refractivity contribution in [3.8, 4) is 0 Å². The number of carbonyl (C=O) groups is 1.